The van der Waals surface area contributed by atoms with Crippen molar-refractivity contribution in [2.45, 2.75) is 31.9 Å². The molecule has 0 aliphatic heterocycles. The maximum Gasteiger partial charge on any atom is 0.148 e. The van der Waals surface area contributed by atoms with Crippen molar-refractivity contribution in [2.75, 3.05) is 6.26 Å². The lowest BCUT2D eigenvalue weighted by molar-refractivity contribution is 0.211. The summed E-state index contributed by atoms with van der Waals surface area (Å²) in [6.07, 6.45) is 0.679. The second-order valence-electron chi connectivity index (χ2n) is 2.64. The zero-order chi connectivity index (χ0) is 8.15. The van der Waals surface area contributed by atoms with Gasteiger partial charge in [-0.1, -0.05) is 13.8 Å². The normalized spacial score (nSPS) is 17.4. The lowest BCUT2D eigenvalue weighted by Crippen LogP contribution is -2.13. The Hall–Kier alpha value is 0.210. The van der Waals surface area contributed by atoms with E-state index in [0.29, 0.717) is 0 Å². The van der Waals surface area contributed by atoms with Gasteiger partial charge >= 0.3 is 0 Å². The van der Waals surface area contributed by atoms with Gasteiger partial charge in [0.2, 0.25) is 0 Å². The van der Waals surface area contributed by atoms with E-state index >= 15 is 0 Å². The summed E-state index contributed by atoms with van der Waals surface area (Å²) in [7, 11) is 0. The Balaban J connectivity index is 3.46. The molecule has 2 atom stereocenters. The van der Waals surface area contributed by atoms with E-state index in [4.69, 9.17) is 0 Å². The fraction of sp³-hybridized carbons (Fsp3) is 1.00. The molecule has 0 saturated heterocycles. The smallest absolute Gasteiger partial charge is 0.148 e. The minimum Gasteiger partial charge on any atom is -0.247 e. The molecule has 0 aliphatic carbocycles. The highest BCUT2D eigenvalue weighted by Gasteiger charge is 2.16. The quantitative estimate of drug-likeness (QED) is 0.621. The monoisotopic (exact) mass is 168 g/mol. The molecule has 3 heteroatoms. The number of halogens is 2. The van der Waals surface area contributed by atoms with E-state index < -0.39 is 11.7 Å². The molecule has 0 radical (unpaired) electrons. The van der Waals surface area contributed by atoms with E-state index in [0.717, 1.165) is 11.8 Å². The maximum atomic E-state index is 12.7. The van der Waals surface area contributed by atoms with E-state index in [1.807, 2.05) is 0 Å². The van der Waals surface area contributed by atoms with Gasteiger partial charge in [-0.15, -0.1) is 11.8 Å². The first-order valence-corrected chi connectivity index (χ1v) is 4.67. The van der Waals surface area contributed by atoms with E-state index in [1.54, 1.807) is 20.1 Å². The molecule has 0 heterocycles. The summed E-state index contributed by atoms with van der Waals surface area (Å²) in [5.41, 5.74) is -1.04. The van der Waals surface area contributed by atoms with Crippen LogP contribution in [0.3, 0.4) is 0 Å². The molecule has 0 N–H and O–H groups in total. The Morgan fingerprint density at radius 2 is 1.80 bits per heavy atom. The molecule has 0 saturated carbocycles. The van der Waals surface area contributed by atoms with Gasteiger partial charge in [0.25, 0.3) is 0 Å². The summed E-state index contributed by atoms with van der Waals surface area (Å²) in [5.74, 6) is -0.0644. The Labute approximate surface area is 65.4 Å². The number of alkyl halides is 2. The number of rotatable bonds is 4. The zero-order valence-corrected chi connectivity index (χ0v) is 7.42. The van der Waals surface area contributed by atoms with Crippen LogP contribution in [-0.2, 0) is 0 Å². The van der Waals surface area contributed by atoms with Crippen LogP contribution in [0.4, 0.5) is 8.78 Å². The second-order valence-corrected chi connectivity index (χ2v) is 3.62. The third-order valence-electron chi connectivity index (χ3n) is 1.39. The summed E-state index contributed by atoms with van der Waals surface area (Å²) in [6.45, 7) is 3.52. The predicted octanol–water partition coefficient (Wildman–Crippen LogP) is 3.03. The minimum absolute atomic E-state index is 0.0266. The van der Waals surface area contributed by atoms with Crippen LogP contribution in [0.1, 0.15) is 20.3 Å². The van der Waals surface area contributed by atoms with Crippen LogP contribution >= 0.6 is 11.8 Å². The van der Waals surface area contributed by atoms with Crippen LogP contribution in [0.2, 0.25) is 0 Å². The fourth-order valence-corrected chi connectivity index (χ4v) is 0.922. The number of hydrogen-bond acceptors (Lipinski definition) is 1. The van der Waals surface area contributed by atoms with Crippen molar-refractivity contribution in [1.29, 1.82) is 0 Å². The van der Waals surface area contributed by atoms with Gasteiger partial charge in [0, 0.05) is 6.42 Å². The largest absolute Gasteiger partial charge is 0.247 e. The maximum absolute atomic E-state index is 12.7. The zero-order valence-electron chi connectivity index (χ0n) is 6.60. The Bertz CT molecular complexity index is 85.7. The van der Waals surface area contributed by atoms with Crippen LogP contribution in [0.15, 0.2) is 0 Å². The molecular weight excluding hydrogens is 154 g/mol. The van der Waals surface area contributed by atoms with Crippen LogP contribution < -0.4 is 0 Å². The highest BCUT2D eigenvalue weighted by atomic mass is 32.2. The van der Waals surface area contributed by atoms with Gasteiger partial charge in [-0.05, 0) is 12.2 Å². The third-order valence-corrected chi connectivity index (χ3v) is 2.09. The standard InChI is InChI=1S/C7H14F2S/c1-5(2)6(8)4-7(9)10-3/h5-7H,4H2,1-3H3. The molecule has 0 bridgehead atoms. The Morgan fingerprint density at radius 3 is 2.10 bits per heavy atom. The SMILES string of the molecule is CSC(F)CC(F)C(C)C. The highest BCUT2D eigenvalue weighted by molar-refractivity contribution is 7.99. The predicted molar refractivity (Wildman–Crippen MR) is 42.8 cm³/mol. The first kappa shape index (κ1) is 10.2. The van der Waals surface area contributed by atoms with Gasteiger partial charge in [0.15, 0.2) is 0 Å². The average Bonchev–Trinajstić information content (AvgIpc) is 1.87. The second kappa shape index (κ2) is 4.94. The van der Waals surface area contributed by atoms with Gasteiger partial charge in [-0.3, -0.25) is 0 Å². The van der Waals surface area contributed by atoms with E-state index in [-0.39, 0.29) is 12.3 Å². The molecule has 62 valence electrons. The molecule has 0 amide bonds. The number of hydrogen-bond donors (Lipinski definition) is 0. The Morgan fingerprint density at radius 1 is 1.30 bits per heavy atom. The average molecular weight is 168 g/mol. The molecule has 0 spiro atoms. The van der Waals surface area contributed by atoms with Gasteiger partial charge in [0.1, 0.15) is 11.7 Å². The van der Waals surface area contributed by atoms with Crippen molar-refractivity contribution in [3.8, 4) is 0 Å². The van der Waals surface area contributed by atoms with E-state index in [1.165, 1.54) is 0 Å². The molecular formula is C7H14F2S. The van der Waals surface area contributed by atoms with Crippen LogP contribution in [0.5, 0.6) is 0 Å². The molecule has 0 aliphatic rings. The lowest BCUT2D eigenvalue weighted by Gasteiger charge is -2.12. The van der Waals surface area contributed by atoms with Crippen molar-refractivity contribution in [3.05, 3.63) is 0 Å². The highest BCUT2D eigenvalue weighted by Crippen LogP contribution is 2.20. The molecule has 0 aromatic heterocycles. The first-order chi connectivity index (χ1) is 4.57. The lowest BCUT2D eigenvalue weighted by atomic mass is 10.1. The molecule has 10 heavy (non-hydrogen) atoms. The summed E-state index contributed by atoms with van der Waals surface area (Å²) >= 11 is 1.06. The fourth-order valence-electron chi connectivity index (χ4n) is 0.545. The van der Waals surface area contributed by atoms with Crippen molar-refractivity contribution >= 4 is 11.8 Å². The summed E-state index contributed by atoms with van der Waals surface area (Å²) in [4.78, 5) is 0. The summed E-state index contributed by atoms with van der Waals surface area (Å²) in [6, 6.07) is 0. The third kappa shape index (κ3) is 4.09. The van der Waals surface area contributed by atoms with Crippen LogP contribution in [-0.4, -0.2) is 17.9 Å². The van der Waals surface area contributed by atoms with Gasteiger partial charge in [0.05, 0.1) is 0 Å². The Kier molecular flexibility index (Phi) is 5.04. The van der Waals surface area contributed by atoms with Crippen LogP contribution in [0.25, 0.3) is 0 Å². The molecule has 2 unspecified atom stereocenters. The van der Waals surface area contributed by atoms with Gasteiger partial charge in [-0.25, -0.2) is 8.78 Å². The molecule has 0 nitrogen and oxygen atoms in total. The van der Waals surface area contributed by atoms with E-state index in [2.05, 4.69) is 0 Å². The number of thioether (sulfide) groups is 1. The summed E-state index contributed by atoms with van der Waals surface area (Å²) in [5, 5.41) is 0. The molecule has 0 rings (SSSR count). The van der Waals surface area contributed by atoms with Crippen molar-refractivity contribution < 1.29 is 8.78 Å². The minimum atomic E-state index is -1.04. The molecule has 0 aromatic rings. The van der Waals surface area contributed by atoms with Crippen LogP contribution in [0, 0.1) is 5.92 Å². The van der Waals surface area contributed by atoms with E-state index in [9.17, 15) is 8.78 Å². The van der Waals surface area contributed by atoms with Gasteiger partial charge < -0.3 is 0 Å². The molecule has 0 fully saturated rings. The molecule has 0 aromatic carbocycles. The first-order valence-electron chi connectivity index (χ1n) is 3.38. The van der Waals surface area contributed by atoms with Crippen molar-refractivity contribution in [3.63, 3.8) is 0 Å². The topological polar surface area (TPSA) is 0 Å². The van der Waals surface area contributed by atoms with Crippen molar-refractivity contribution in [2.24, 2.45) is 5.92 Å². The van der Waals surface area contributed by atoms with Crippen molar-refractivity contribution in [1.82, 2.24) is 0 Å². The van der Waals surface area contributed by atoms with Gasteiger partial charge in [-0.2, -0.15) is 0 Å². The summed E-state index contributed by atoms with van der Waals surface area (Å²) < 4.78 is 25.2.